The molecular weight excluding hydrogens is 853 g/mol. The molecule has 0 aliphatic rings. The third-order valence-electron chi connectivity index (χ3n) is 11.7. The van der Waals surface area contributed by atoms with Crippen molar-refractivity contribution in [3.05, 3.63) is 109 Å². The van der Waals surface area contributed by atoms with E-state index >= 15 is 0 Å². The van der Waals surface area contributed by atoms with Crippen molar-refractivity contribution in [3.8, 4) is 0 Å². The molecule has 0 radical (unpaired) electrons. The van der Waals surface area contributed by atoms with Crippen LogP contribution >= 0.6 is 0 Å². The molecule has 0 heterocycles. The SMILES string of the molecule is CC/C=C\C/C=C\C/C=C\C/C=C\C/C=C\C/C=C\CCCCC(=O)OCC(COC(=O)CCCCCCC/C=C\C/C=C\CCCC)OC(=O)CCCCCCC/C=C\CCCCCCCCC. The van der Waals surface area contributed by atoms with Gasteiger partial charge in [-0.25, -0.2) is 0 Å². The van der Waals surface area contributed by atoms with Gasteiger partial charge in [0.05, 0.1) is 0 Å². The largest absolute Gasteiger partial charge is 0.462 e. The van der Waals surface area contributed by atoms with Crippen molar-refractivity contribution in [1.29, 1.82) is 0 Å². The van der Waals surface area contributed by atoms with Gasteiger partial charge in [-0.15, -0.1) is 0 Å². The van der Waals surface area contributed by atoms with Crippen LogP contribution in [0.1, 0.15) is 252 Å². The van der Waals surface area contributed by atoms with Crippen LogP contribution < -0.4 is 0 Å². The number of rotatable bonds is 50. The molecular formula is C63H104O6. The Hall–Kier alpha value is -3.93. The molecule has 6 heteroatoms. The molecule has 392 valence electrons. The second-order valence-electron chi connectivity index (χ2n) is 18.5. The second-order valence-corrected chi connectivity index (χ2v) is 18.5. The average Bonchev–Trinajstić information content (AvgIpc) is 3.35. The first-order valence-corrected chi connectivity index (χ1v) is 28.4. The smallest absolute Gasteiger partial charge is 0.306 e. The maximum Gasteiger partial charge on any atom is 0.306 e. The van der Waals surface area contributed by atoms with Crippen LogP contribution in [0.4, 0.5) is 0 Å². The number of unbranched alkanes of at least 4 members (excludes halogenated alkanes) is 21. The lowest BCUT2D eigenvalue weighted by Gasteiger charge is -2.18. The van der Waals surface area contributed by atoms with E-state index in [-0.39, 0.29) is 31.1 Å². The standard InChI is InChI=1S/C63H104O6/c1-4-7-10-13-16-19-22-25-28-30-31-32-33-34-36-38-41-44-47-50-53-56-62(65)68-59-60(58-67-61(64)55-52-49-46-43-40-37-27-24-21-18-15-12-9-6-3)69-63(66)57-54-51-48-45-42-39-35-29-26-23-20-17-14-11-8-5-2/h7,10,15-16,18-19,24-25,27-29,31-32,34-36,41,44,60H,4-6,8-9,11-14,17,20-23,26,30,33,37-40,42-43,45-59H2,1-3H3/b10-7-,18-15-,19-16-,27-24-,28-25-,32-31-,35-29-,36-34-,44-41-. The molecule has 0 aliphatic carbocycles. The van der Waals surface area contributed by atoms with Crippen molar-refractivity contribution >= 4 is 17.9 Å². The van der Waals surface area contributed by atoms with Crippen LogP contribution in [0.5, 0.6) is 0 Å². The van der Waals surface area contributed by atoms with Crippen LogP contribution in [0.15, 0.2) is 109 Å². The lowest BCUT2D eigenvalue weighted by molar-refractivity contribution is -0.167. The molecule has 0 aromatic rings. The highest BCUT2D eigenvalue weighted by atomic mass is 16.6. The molecule has 0 spiro atoms. The number of carbonyl (C=O) groups is 3. The van der Waals surface area contributed by atoms with Crippen LogP contribution in [0.25, 0.3) is 0 Å². The molecule has 0 rings (SSSR count). The van der Waals surface area contributed by atoms with Gasteiger partial charge in [-0.1, -0.05) is 220 Å². The summed E-state index contributed by atoms with van der Waals surface area (Å²) in [7, 11) is 0. The molecule has 0 amide bonds. The van der Waals surface area contributed by atoms with E-state index in [4.69, 9.17) is 14.2 Å². The van der Waals surface area contributed by atoms with E-state index in [0.717, 1.165) is 128 Å². The van der Waals surface area contributed by atoms with E-state index in [1.165, 1.54) is 77.0 Å². The van der Waals surface area contributed by atoms with Crippen LogP contribution in [-0.2, 0) is 28.6 Å². The molecule has 1 atom stereocenters. The Kier molecular flexibility index (Phi) is 53.4. The summed E-state index contributed by atoms with van der Waals surface area (Å²) in [5.41, 5.74) is 0. The summed E-state index contributed by atoms with van der Waals surface area (Å²) in [6.07, 6.45) is 76.5. The summed E-state index contributed by atoms with van der Waals surface area (Å²) in [6.45, 7) is 6.43. The van der Waals surface area contributed by atoms with E-state index < -0.39 is 6.10 Å². The maximum absolute atomic E-state index is 12.8. The normalized spacial score (nSPS) is 12.9. The first-order valence-electron chi connectivity index (χ1n) is 28.4. The molecule has 0 N–H and O–H groups in total. The van der Waals surface area contributed by atoms with Gasteiger partial charge in [0.15, 0.2) is 6.10 Å². The zero-order chi connectivity index (χ0) is 50.0. The molecule has 0 bridgehead atoms. The first-order chi connectivity index (χ1) is 34.0. The fourth-order valence-corrected chi connectivity index (χ4v) is 7.46. The highest BCUT2D eigenvalue weighted by molar-refractivity contribution is 5.71. The number of carbonyl (C=O) groups excluding carboxylic acids is 3. The molecule has 0 saturated heterocycles. The Morgan fingerprint density at radius 3 is 0.971 bits per heavy atom. The molecule has 1 unspecified atom stereocenters. The van der Waals surface area contributed by atoms with Gasteiger partial charge in [-0.2, -0.15) is 0 Å². The van der Waals surface area contributed by atoms with Gasteiger partial charge in [-0.3, -0.25) is 14.4 Å². The molecule has 0 aromatic carbocycles. The van der Waals surface area contributed by atoms with Gasteiger partial charge in [0, 0.05) is 19.3 Å². The van der Waals surface area contributed by atoms with Gasteiger partial charge in [0.1, 0.15) is 13.2 Å². The number of allylic oxidation sites excluding steroid dienone is 18. The van der Waals surface area contributed by atoms with Gasteiger partial charge < -0.3 is 14.2 Å². The average molecular weight is 958 g/mol. The van der Waals surface area contributed by atoms with Crippen molar-refractivity contribution in [2.45, 2.75) is 258 Å². The second kappa shape index (κ2) is 56.7. The van der Waals surface area contributed by atoms with Gasteiger partial charge in [-0.05, 0) is 122 Å². The van der Waals surface area contributed by atoms with Crippen LogP contribution in [0.3, 0.4) is 0 Å². The predicted molar refractivity (Wildman–Crippen MR) is 297 cm³/mol. The summed E-state index contributed by atoms with van der Waals surface area (Å²) in [5.74, 6) is -0.970. The minimum atomic E-state index is -0.808. The third kappa shape index (κ3) is 54.9. The first kappa shape index (κ1) is 65.1. The summed E-state index contributed by atoms with van der Waals surface area (Å²) < 4.78 is 16.8. The van der Waals surface area contributed by atoms with E-state index in [1.54, 1.807) is 0 Å². The Bertz CT molecular complexity index is 1420. The Labute approximate surface area is 425 Å². The summed E-state index contributed by atoms with van der Waals surface area (Å²) in [4.78, 5) is 38.1. The topological polar surface area (TPSA) is 78.9 Å². The van der Waals surface area contributed by atoms with E-state index in [2.05, 4.69) is 130 Å². The van der Waals surface area contributed by atoms with E-state index in [1.807, 2.05) is 0 Å². The maximum atomic E-state index is 12.8. The quantitative estimate of drug-likeness (QED) is 0.0262. The lowest BCUT2D eigenvalue weighted by atomic mass is 10.1. The van der Waals surface area contributed by atoms with Gasteiger partial charge >= 0.3 is 17.9 Å². The zero-order valence-corrected chi connectivity index (χ0v) is 44.8. The van der Waals surface area contributed by atoms with Crippen molar-refractivity contribution in [1.82, 2.24) is 0 Å². The van der Waals surface area contributed by atoms with Crippen molar-refractivity contribution in [2.24, 2.45) is 0 Å². The lowest BCUT2D eigenvalue weighted by Crippen LogP contribution is -2.30. The Morgan fingerprint density at radius 2 is 0.580 bits per heavy atom. The number of hydrogen-bond acceptors (Lipinski definition) is 6. The number of hydrogen-bond donors (Lipinski definition) is 0. The highest BCUT2D eigenvalue weighted by Crippen LogP contribution is 2.13. The van der Waals surface area contributed by atoms with Crippen molar-refractivity contribution < 1.29 is 28.6 Å². The molecule has 0 fully saturated rings. The predicted octanol–water partition coefficient (Wildman–Crippen LogP) is 19.1. The Balaban J connectivity index is 4.50. The fourth-order valence-electron chi connectivity index (χ4n) is 7.46. The van der Waals surface area contributed by atoms with Crippen molar-refractivity contribution in [3.63, 3.8) is 0 Å². The van der Waals surface area contributed by atoms with Gasteiger partial charge in [0.25, 0.3) is 0 Å². The fraction of sp³-hybridized carbons (Fsp3) is 0.667. The monoisotopic (exact) mass is 957 g/mol. The van der Waals surface area contributed by atoms with Crippen LogP contribution in [-0.4, -0.2) is 37.2 Å². The van der Waals surface area contributed by atoms with Crippen LogP contribution in [0, 0.1) is 0 Å². The van der Waals surface area contributed by atoms with Crippen molar-refractivity contribution in [2.75, 3.05) is 13.2 Å². The molecule has 0 saturated carbocycles. The molecule has 69 heavy (non-hydrogen) atoms. The third-order valence-corrected chi connectivity index (χ3v) is 11.7. The minimum absolute atomic E-state index is 0.104. The number of esters is 3. The van der Waals surface area contributed by atoms with E-state index in [0.29, 0.717) is 25.7 Å². The number of ether oxygens (including phenoxy) is 3. The van der Waals surface area contributed by atoms with Crippen LogP contribution in [0.2, 0.25) is 0 Å². The summed E-state index contributed by atoms with van der Waals surface area (Å²) in [5, 5.41) is 0. The minimum Gasteiger partial charge on any atom is -0.462 e. The molecule has 6 nitrogen and oxygen atoms in total. The zero-order valence-electron chi connectivity index (χ0n) is 44.8. The summed E-state index contributed by atoms with van der Waals surface area (Å²) >= 11 is 0. The molecule has 0 aliphatic heterocycles. The highest BCUT2D eigenvalue weighted by Gasteiger charge is 2.19. The molecule has 0 aromatic heterocycles. The van der Waals surface area contributed by atoms with Gasteiger partial charge in [0.2, 0.25) is 0 Å². The summed E-state index contributed by atoms with van der Waals surface area (Å²) in [6, 6.07) is 0. The van der Waals surface area contributed by atoms with E-state index in [9.17, 15) is 14.4 Å². The Morgan fingerprint density at radius 1 is 0.304 bits per heavy atom.